The van der Waals surface area contributed by atoms with Crippen molar-refractivity contribution in [3.05, 3.63) is 29.7 Å². The molecule has 56 valence electrons. The van der Waals surface area contributed by atoms with E-state index in [1.54, 1.807) is 6.92 Å². The average Bonchev–Trinajstić information content (AvgIpc) is 2.34. The molecule has 1 aromatic heterocycles. The van der Waals surface area contributed by atoms with Crippen molar-refractivity contribution in [2.24, 2.45) is 0 Å². The molecule has 0 bridgehead atoms. The summed E-state index contributed by atoms with van der Waals surface area (Å²) >= 11 is 0. The molecule has 0 aliphatic rings. The highest BCUT2D eigenvalue weighted by atomic mass is 19.1. The zero-order chi connectivity index (χ0) is 7.84. The van der Waals surface area contributed by atoms with E-state index in [-0.39, 0.29) is 5.82 Å². The van der Waals surface area contributed by atoms with E-state index in [4.69, 9.17) is 4.52 Å². The van der Waals surface area contributed by atoms with Crippen LogP contribution in [0, 0.1) is 12.7 Å². The molecule has 0 aliphatic carbocycles. The lowest BCUT2D eigenvalue weighted by Crippen LogP contribution is -1.77. The van der Waals surface area contributed by atoms with Crippen LogP contribution in [0.5, 0.6) is 0 Å². The number of fused-ring (bicyclic) bond motifs is 1. The summed E-state index contributed by atoms with van der Waals surface area (Å²) in [5.74, 6) is -0.252. The number of rotatable bonds is 0. The van der Waals surface area contributed by atoms with Gasteiger partial charge in [-0.1, -0.05) is 5.16 Å². The Kier molecular flexibility index (Phi) is 1.18. The molecular formula is C8H6FNO. The Hall–Kier alpha value is -1.38. The molecule has 0 N–H and O–H groups in total. The maximum absolute atomic E-state index is 12.7. The third kappa shape index (κ3) is 0.888. The number of aryl methyl sites for hydroxylation is 1. The molecule has 0 fully saturated rings. The molecule has 11 heavy (non-hydrogen) atoms. The topological polar surface area (TPSA) is 26.0 Å². The third-order valence-electron chi connectivity index (χ3n) is 1.60. The molecule has 0 radical (unpaired) electrons. The van der Waals surface area contributed by atoms with Crippen LogP contribution in [0.3, 0.4) is 0 Å². The van der Waals surface area contributed by atoms with Crippen molar-refractivity contribution in [3.63, 3.8) is 0 Å². The molecule has 0 saturated heterocycles. The van der Waals surface area contributed by atoms with Gasteiger partial charge in [-0.15, -0.1) is 0 Å². The smallest absolute Gasteiger partial charge is 0.169 e. The number of benzene rings is 1. The van der Waals surface area contributed by atoms with Crippen molar-refractivity contribution in [1.82, 2.24) is 5.16 Å². The summed E-state index contributed by atoms with van der Waals surface area (Å²) in [6.45, 7) is 1.79. The summed E-state index contributed by atoms with van der Waals surface area (Å²) in [6, 6.07) is 2.83. The summed E-state index contributed by atoms with van der Waals surface area (Å²) < 4.78 is 17.6. The van der Waals surface area contributed by atoms with E-state index in [9.17, 15) is 4.39 Å². The van der Waals surface area contributed by atoms with Crippen LogP contribution in [0.25, 0.3) is 11.0 Å². The van der Waals surface area contributed by atoms with Crippen LogP contribution in [-0.4, -0.2) is 5.16 Å². The van der Waals surface area contributed by atoms with Gasteiger partial charge in [0.2, 0.25) is 0 Å². The second-order valence-electron chi connectivity index (χ2n) is 2.47. The number of hydrogen-bond donors (Lipinski definition) is 0. The van der Waals surface area contributed by atoms with Crippen molar-refractivity contribution >= 4 is 11.0 Å². The van der Waals surface area contributed by atoms with E-state index < -0.39 is 0 Å². The Labute approximate surface area is 62.6 Å². The fourth-order valence-corrected chi connectivity index (χ4v) is 1.11. The van der Waals surface area contributed by atoms with Gasteiger partial charge in [0.1, 0.15) is 5.82 Å². The van der Waals surface area contributed by atoms with Crippen molar-refractivity contribution in [1.29, 1.82) is 0 Å². The molecule has 2 aromatic rings. The first-order valence-electron chi connectivity index (χ1n) is 3.28. The molecule has 1 heterocycles. The van der Waals surface area contributed by atoms with Gasteiger partial charge in [-0.2, -0.15) is 0 Å². The zero-order valence-electron chi connectivity index (χ0n) is 5.97. The monoisotopic (exact) mass is 151 g/mol. The minimum absolute atomic E-state index is 0.252. The van der Waals surface area contributed by atoms with Crippen LogP contribution in [-0.2, 0) is 0 Å². The highest BCUT2D eigenvalue weighted by Gasteiger charge is 2.03. The Morgan fingerprint density at radius 1 is 1.45 bits per heavy atom. The second-order valence-corrected chi connectivity index (χ2v) is 2.47. The summed E-state index contributed by atoms with van der Waals surface area (Å²) in [4.78, 5) is 0. The minimum Gasteiger partial charge on any atom is -0.356 e. The first-order valence-corrected chi connectivity index (χ1v) is 3.28. The summed E-state index contributed by atoms with van der Waals surface area (Å²) in [7, 11) is 0. The maximum atomic E-state index is 12.7. The summed E-state index contributed by atoms with van der Waals surface area (Å²) in [5, 5.41) is 4.27. The predicted molar refractivity (Wildman–Crippen MR) is 38.7 cm³/mol. The van der Waals surface area contributed by atoms with E-state index >= 15 is 0 Å². The highest BCUT2D eigenvalue weighted by molar-refractivity contribution is 5.78. The highest BCUT2D eigenvalue weighted by Crippen LogP contribution is 2.18. The lowest BCUT2D eigenvalue weighted by Gasteiger charge is -1.91. The van der Waals surface area contributed by atoms with E-state index in [0.717, 1.165) is 5.56 Å². The van der Waals surface area contributed by atoms with Gasteiger partial charge in [0, 0.05) is 5.39 Å². The standard InChI is InChI=1S/C8H6FNO/c1-5-2-7(9)3-6-4-10-11-8(5)6/h2-4H,1H3. The Bertz CT molecular complexity index is 394. The molecule has 0 atom stereocenters. The van der Waals surface area contributed by atoms with Gasteiger partial charge in [0.05, 0.1) is 6.20 Å². The van der Waals surface area contributed by atoms with Crippen LogP contribution < -0.4 is 0 Å². The van der Waals surface area contributed by atoms with Crippen LogP contribution >= 0.6 is 0 Å². The molecule has 0 unspecified atom stereocenters. The van der Waals surface area contributed by atoms with Gasteiger partial charge in [-0.05, 0) is 24.6 Å². The van der Waals surface area contributed by atoms with Gasteiger partial charge in [0.25, 0.3) is 0 Å². The SMILES string of the molecule is Cc1cc(F)cc2cnoc12. The van der Waals surface area contributed by atoms with Crippen LogP contribution in [0.1, 0.15) is 5.56 Å². The van der Waals surface area contributed by atoms with Crippen LogP contribution in [0.2, 0.25) is 0 Å². The molecule has 2 rings (SSSR count). The van der Waals surface area contributed by atoms with Crippen LogP contribution in [0.15, 0.2) is 22.9 Å². The van der Waals surface area contributed by atoms with Gasteiger partial charge in [-0.3, -0.25) is 0 Å². The van der Waals surface area contributed by atoms with Crippen molar-refractivity contribution in [3.8, 4) is 0 Å². The third-order valence-corrected chi connectivity index (χ3v) is 1.60. The predicted octanol–water partition coefficient (Wildman–Crippen LogP) is 2.28. The van der Waals surface area contributed by atoms with Crippen LogP contribution in [0.4, 0.5) is 4.39 Å². The zero-order valence-corrected chi connectivity index (χ0v) is 5.97. The molecular weight excluding hydrogens is 145 g/mol. The normalized spacial score (nSPS) is 10.7. The summed E-state index contributed by atoms with van der Waals surface area (Å²) in [5.41, 5.74) is 1.43. The van der Waals surface area contributed by atoms with E-state index in [0.29, 0.717) is 11.0 Å². The van der Waals surface area contributed by atoms with Gasteiger partial charge in [0.15, 0.2) is 5.58 Å². The van der Waals surface area contributed by atoms with E-state index in [1.165, 1.54) is 18.3 Å². The van der Waals surface area contributed by atoms with Crippen molar-refractivity contribution in [2.45, 2.75) is 6.92 Å². The molecule has 3 heteroatoms. The van der Waals surface area contributed by atoms with Crippen molar-refractivity contribution in [2.75, 3.05) is 0 Å². The number of halogens is 1. The number of hydrogen-bond acceptors (Lipinski definition) is 2. The molecule has 0 saturated carbocycles. The van der Waals surface area contributed by atoms with E-state index in [1.807, 2.05) is 0 Å². The Balaban J connectivity index is 2.91. The van der Waals surface area contributed by atoms with Gasteiger partial charge in [-0.25, -0.2) is 4.39 Å². The molecule has 2 nitrogen and oxygen atoms in total. The fourth-order valence-electron chi connectivity index (χ4n) is 1.11. The fraction of sp³-hybridized carbons (Fsp3) is 0.125. The average molecular weight is 151 g/mol. The molecule has 0 aliphatic heterocycles. The quantitative estimate of drug-likeness (QED) is 0.577. The van der Waals surface area contributed by atoms with E-state index in [2.05, 4.69) is 5.16 Å². The number of nitrogens with zero attached hydrogens (tertiary/aromatic N) is 1. The Morgan fingerprint density at radius 3 is 3.09 bits per heavy atom. The van der Waals surface area contributed by atoms with Gasteiger partial charge >= 0.3 is 0 Å². The lowest BCUT2D eigenvalue weighted by molar-refractivity contribution is 0.454. The molecule has 0 amide bonds. The first-order chi connectivity index (χ1) is 5.27. The largest absolute Gasteiger partial charge is 0.356 e. The van der Waals surface area contributed by atoms with Gasteiger partial charge < -0.3 is 4.52 Å². The molecule has 1 aromatic carbocycles. The first kappa shape index (κ1) is 6.34. The number of aromatic nitrogens is 1. The van der Waals surface area contributed by atoms with Crippen molar-refractivity contribution < 1.29 is 8.91 Å². The maximum Gasteiger partial charge on any atom is 0.169 e. The minimum atomic E-state index is -0.252. The second kappa shape index (κ2) is 2.05. The summed E-state index contributed by atoms with van der Waals surface area (Å²) in [6.07, 6.45) is 1.51. The molecule has 0 spiro atoms. The lowest BCUT2D eigenvalue weighted by atomic mass is 10.2. The Morgan fingerprint density at radius 2 is 2.27 bits per heavy atom.